The monoisotopic (exact) mass is 237 g/mol. The van der Waals surface area contributed by atoms with E-state index in [1.165, 1.54) is 12.1 Å². The lowest BCUT2D eigenvalue weighted by Gasteiger charge is -2.28. The summed E-state index contributed by atoms with van der Waals surface area (Å²) in [5.41, 5.74) is 0.992. The summed E-state index contributed by atoms with van der Waals surface area (Å²) < 4.78 is 13.1. The smallest absolute Gasteiger partial charge is 0.251 e. The molecule has 0 aliphatic carbocycles. The van der Waals surface area contributed by atoms with E-state index in [4.69, 9.17) is 0 Å². The Morgan fingerprint density at radius 1 is 1.35 bits per heavy atom. The van der Waals surface area contributed by atoms with Crippen molar-refractivity contribution in [3.8, 4) is 0 Å². The summed E-state index contributed by atoms with van der Waals surface area (Å²) in [6.07, 6.45) is 0. The maximum atomic E-state index is 13.1. The van der Waals surface area contributed by atoms with Crippen LogP contribution in [0.4, 0.5) is 4.39 Å². The van der Waals surface area contributed by atoms with Crippen LogP contribution in [0.2, 0.25) is 0 Å². The Hall–Kier alpha value is -1.38. The Kier molecular flexibility index (Phi) is 3.91. The third kappa shape index (κ3) is 3.55. The highest BCUT2D eigenvalue weighted by molar-refractivity contribution is 5.94. The number of rotatable bonds is 2. The van der Waals surface area contributed by atoms with Crippen molar-refractivity contribution < 1.29 is 9.18 Å². The maximum absolute atomic E-state index is 13.1. The first-order valence-electron chi connectivity index (χ1n) is 5.79. The van der Waals surface area contributed by atoms with Crippen molar-refractivity contribution in [2.75, 3.05) is 0 Å². The average Bonchev–Trinajstić information content (AvgIpc) is 2.20. The van der Waals surface area contributed by atoms with Crippen molar-refractivity contribution >= 4 is 5.91 Å². The lowest BCUT2D eigenvalue weighted by molar-refractivity contribution is 0.0910. The first kappa shape index (κ1) is 13.7. The summed E-state index contributed by atoms with van der Waals surface area (Å²) in [6.45, 7) is 9.81. The van der Waals surface area contributed by atoms with Crippen LogP contribution in [0.15, 0.2) is 18.2 Å². The number of aryl methyl sites for hydroxylation is 1. The molecule has 3 heteroatoms. The molecule has 1 aromatic rings. The van der Waals surface area contributed by atoms with E-state index in [0.29, 0.717) is 11.1 Å². The van der Waals surface area contributed by atoms with Crippen LogP contribution in [0.1, 0.15) is 43.6 Å². The van der Waals surface area contributed by atoms with E-state index in [9.17, 15) is 9.18 Å². The Morgan fingerprint density at radius 3 is 2.41 bits per heavy atom. The van der Waals surface area contributed by atoms with Gasteiger partial charge >= 0.3 is 0 Å². The van der Waals surface area contributed by atoms with Crippen molar-refractivity contribution in [1.29, 1.82) is 0 Å². The first-order chi connectivity index (χ1) is 7.71. The maximum Gasteiger partial charge on any atom is 0.251 e. The fraction of sp³-hybridized carbons (Fsp3) is 0.500. The minimum absolute atomic E-state index is 0.00470. The number of nitrogens with one attached hydrogen (secondary N) is 1. The van der Waals surface area contributed by atoms with Crippen molar-refractivity contribution in [1.82, 2.24) is 5.32 Å². The Labute approximate surface area is 102 Å². The van der Waals surface area contributed by atoms with Gasteiger partial charge in [0.1, 0.15) is 5.82 Å². The van der Waals surface area contributed by atoms with Gasteiger partial charge < -0.3 is 5.32 Å². The molecule has 0 aromatic heterocycles. The first-order valence-corrected chi connectivity index (χ1v) is 5.79. The number of amides is 1. The number of benzene rings is 1. The molecule has 1 rings (SSSR count). The molecule has 0 radical (unpaired) electrons. The highest BCUT2D eigenvalue weighted by atomic mass is 19.1. The zero-order chi connectivity index (χ0) is 13.2. The number of halogens is 1. The number of hydrogen-bond acceptors (Lipinski definition) is 1. The SMILES string of the molecule is Cc1cc(C(=O)NC(C)C(C)(C)C)ccc1F. The minimum Gasteiger partial charge on any atom is -0.349 e. The van der Waals surface area contributed by atoms with Crippen molar-refractivity contribution in [2.24, 2.45) is 5.41 Å². The molecule has 2 nitrogen and oxygen atoms in total. The largest absolute Gasteiger partial charge is 0.349 e. The molecule has 0 saturated heterocycles. The van der Waals surface area contributed by atoms with Crippen molar-refractivity contribution in [3.63, 3.8) is 0 Å². The quantitative estimate of drug-likeness (QED) is 0.840. The fourth-order valence-electron chi connectivity index (χ4n) is 1.28. The lowest BCUT2D eigenvalue weighted by Crippen LogP contribution is -2.41. The highest BCUT2D eigenvalue weighted by Gasteiger charge is 2.22. The molecule has 0 bridgehead atoms. The van der Waals surface area contributed by atoms with Crippen LogP contribution >= 0.6 is 0 Å². The molecule has 0 aliphatic heterocycles. The van der Waals surface area contributed by atoms with Crippen LogP contribution < -0.4 is 5.32 Å². The molecule has 0 saturated carbocycles. The molecule has 0 fully saturated rings. The number of carbonyl (C=O) groups is 1. The molecule has 0 aliphatic rings. The topological polar surface area (TPSA) is 29.1 Å². The van der Waals surface area contributed by atoms with Crippen LogP contribution in [-0.2, 0) is 0 Å². The predicted octanol–water partition coefficient (Wildman–Crippen LogP) is 3.30. The average molecular weight is 237 g/mol. The normalized spacial score (nSPS) is 13.3. The van der Waals surface area contributed by atoms with Crippen LogP contribution in [0.25, 0.3) is 0 Å². The van der Waals surface area contributed by atoms with E-state index in [-0.39, 0.29) is 23.2 Å². The lowest BCUT2D eigenvalue weighted by atomic mass is 9.88. The van der Waals surface area contributed by atoms with Gasteiger partial charge in [-0.2, -0.15) is 0 Å². The van der Waals surface area contributed by atoms with Gasteiger partial charge in [-0.25, -0.2) is 4.39 Å². The van der Waals surface area contributed by atoms with Gasteiger partial charge in [0.2, 0.25) is 0 Å². The van der Waals surface area contributed by atoms with E-state index in [0.717, 1.165) is 0 Å². The predicted molar refractivity (Wildman–Crippen MR) is 67.5 cm³/mol. The van der Waals surface area contributed by atoms with E-state index >= 15 is 0 Å². The molecule has 1 amide bonds. The van der Waals surface area contributed by atoms with Crippen molar-refractivity contribution in [2.45, 2.75) is 40.7 Å². The van der Waals surface area contributed by atoms with Gasteiger partial charge in [0.15, 0.2) is 0 Å². The van der Waals surface area contributed by atoms with Crippen LogP contribution in [-0.4, -0.2) is 11.9 Å². The molecule has 1 N–H and O–H groups in total. The van der Waals surface area contributed by atoms with Gasteiger partial charge in [-0.05, 0) is 43.0 Å². The van der Waals surface area contributed by atoms with Gasteiger partial charge in [-0.15, -0.1) is 0 Å². The molecule has 1 unspecified atom stereocenters. The molecule has 94 valence electrons. The second-order valence-electron chi connectivity index (χ2n) is 5.53. The van der Waals surface area contributed by atoms with Crippen LogP contribution in [0, 0.1) is 18.2 Å². The summed E-state index contributed by atoms with van der Waals surface area (Å²) in [5, 5.41) is 2.92. The summed E-state index contributed by atoms with van der Waals surface area (Å²) >= 11 is 0. The van der Waals surface area contributed by atoms with Gasteiger partial charge in [0, 0.05) is 11.6 Å². The second kappa shape index (κ2) is 4.86. The van der Waals surface area contributed by atoms with E-state index < -0.39 is 0 Å². The highest BCUT2D eigenvalue weighted by Crippen LogP contribution is 2.19. The van der Waals surface area contributed by atoms with E-state index in [1.807, 2.05) is 6.92 Å². The second-order valence-corrected chi connectivity index (χ2v) is 5.53. The fourth-order valence-corrected chi connectivity index (χ4v) is 1.28. The Bertz CT molecular complexity index is 421. The Morgan fingerprint density at radius 2 is 1.94 bits per heavy atom. The molecule has 1 aromatic carbocycles. The zero-order valence-electron chi connectivity index (χ0n) is 11.1. The van der Waals surface area contributed by atoms with Crippen LogP contribution in [0.3, 0.4) is 0 Å². The minimum atomic E-state index is -0.287. The summed E-state index contributed by atoms with van der Waals surface area (Å²) in [4.78, 5) is 11.9. The summed E-state index contributed by atoms with van der Waals surface area (Å²) in [7, 11) is 0. The zero-order valence-corrected chi connectivity index (χ0v) is 11.1. The van der Waals surface area contributed by atoms with Crippen LogP contribution in [0.5, 0.6) is 0 Å². The summed E-state index contributed by atoms with van der Waals surface area (Å²) in [5.74, 6) is -0.444. The summed E-state index contributed by atoms with van der Waals surface area (Å²) in [6, 6.07) is 4.46. The number of hydrogen-bond donors (Lipinski definition) is 1. The molecule has 0 heterocycles. The van der Waals surface area contributed by atoms with Gasteiger partial charge in [0.05, 0.1) is 0 Å². The molecule has 1 atom stereocenters. The van der Waals surface area contributed by atoms with Gasteiger partial charge in [0.25, 0.3) is 5.91 Å². The van der Waals surface area contributed by atoms with E-state index in [2.05, 4.69) is 26.1 Å². The van der Waals surface area contributed by atoms with E-state index in [1.54, 1.807) is 13.0 Å². The number of carbonyl (C=O) groups excluding carboxylic acids is 1. The third-order valence-electron chi connectivity index (χ3n) is 3.07. The standard InChI is InChI=1S/C14H20FNO/c1-9-8-11(6-7-12(9)15)13(17)16-10(2)14(3,4)5/h6-8,10H,1-5H3,(H,16,17). The van der Waals surface area contributed by atoms with Crippen molar-refractivity contribution in [3.05, 3.63) is 35.1 Å². The molecule has 0 spiro atoms. The van der Waals surface area contributed by atoms with Gasteiger partial charge in [-0.1, -0.05) is 20.8 Å². The molecule has 17 heavy (non-hydrogen) atoms. The third-order valence-corrected chi connectivity index (χ3v) is 3.07. The Balaban J connectivity index is 2.80. The van der Waals surface area contributed by atoms with Gasteiger partial charge in [-0.3, -0.25) is 4.79 Å². The molecular formula is C14H20FNO. The molecular weight excluding hydrogens is 217 g/mol.